The van der Waals surface area contributed by atoms with Crippen LogP contribution in [-0.2, 0) is 19.4 Å². The van der Waals surface area contributed by atoms with Gasteiger partial charge in [-0.3, -0.25) is 0 Å². The molecule has 1 unspecified atom stereocenters. The fraction of sp³-hybridized carbons (Fsp3) is 0.333. The molecule has 32 heavy (non-hydrogen) atoms. The highest BCUT2D eigenvalue weighted by Crippen LogP contribution is 2.29. The van der Waals surface area contributed by atoms with Crippen molar-refractivity contribution in [3.05, 3.63) is 86.4 Å². The first-order chi connectivity index (χ1) is 15.7. The monoisotopic (exact) mass is 466 g/mol. The van der Waals surface area contributed by atoms with Gasteiger partial charge in [-0.25, -0.2) is 4.98 Å². The zero-order valence-electron chi connectivity index (χ0n) is 18.3. The van der Waals surface area contributed by atoms with Gasteiger partial charge < -0.3 is 4.57 Å². The summed E-state index contributed by atoms with van der Waals surface area (Å²) in [5, 5.41) is 17.7. The number of hydrogen-bond acceptors (Lipinski definition) is 5. The van der Waals surface area contributed by atoms with Gasteiger partial charge in [0, 0.05) is 28.7 Å². The zero-order valence-corrected chi connectivity index (χ0v) is 19.9. The van der Waals surface area contributed by atoms with Crippen LogP contribution in [0, 0.1) is 0 Å². The number of halogens is 1. The number of nitrogens with zero attached hydrogens (tertiary/aromatic N) is 5. The summed E-state index contributed by atoms with van der Waals surface area (Å²) < 4.78 is 2.29. The summed E-state index contributed by atoms with van der Waals surface area (Å²) in [6, 6.07) is 12.3. The van der Waals surface area contributed by atoms with Crippen molar-refractivity contribution < 1.29 is 0 Å². The van der Waals surface area contributed by atoms with Crippen molar-refractivity contribution in [1.29, 1.82) is 0 Å². The molecular formula is C24H27ClN6S. The number of hydrogen-bond donors (Lipinski definition) is 1. The molecule has 0 bridgehead atoms. The third-order valence-corrected chi connectivity index (χ3v) is 6.85. The Morgan fingerprint density at radius 2 is 2.12 bits per heavy atom. The SMILES string of the molecule is CCCCc1ncc(C=C(Cc2cccs2)C(C)c2nn[nH]n2)n1Cc1ccccc1Cl. The summed E-state index contributed by atoms with van der Waals surface area (Å²) >= 11 is 8.25. The molecule has 3 aromatic heterocycles. The zero-order chi connectivity index (χ0) is 22.3. The van der Waals surface area contributed by atoms with Crippen molar-refractivity contribution in [3.63, 3.8) is 0 Å². The molecule has 1 N–H and O–H groups in total. The average Bonchev–Trinajstić information content (AvgIpc) is 3.57. The highest BCUT2D eigenvalue weighted by molar-refractivity contribution is 7.09. The van der Waals surface area contributed by atoms with Gasteiger partial charge in [-0.15, -0.1) is 21.5 Å². The predicted molar refractivity (Wildman–Crippen MR) is 130 cm³/mol. The molecule has 0 saturated heterocycles. The quantitative estimate of drug-likeness (QED) is 0.314. The Morgan fingerprint density at radius 1 is 1.25 bits per heavy atom. The molecule has 1 atom stereocenters. The fourth-order valence-corrected chi connectivity index (χ4v) is 4.64. The van der Waals surface area contributed by atoms with Gasteiger partial charge in [0.25, 0.3) is 0 Å². The number of allylic oxidation sites excluding steroid dienone is 1. The first-order valence-corrected chi connectivity index (χ1v) is 12.2. The lowest BCUT2D eigenvalue weighted by Crippen LogP contribution is -2.09. The van der Waals surface area contributed by atoms with Crippen LogP contribution in [-0.4, -0.2) is 30.2 Å². The van der Waals surface area contributed by atoms with E-state index in [2.05, 4.69) is 68.7 Å². The number of H-pyrrole nitrogens is 1. The minimum atomic E-state index is 0.0265. The first-order valence-electron chi connectivity index (χ1n) is 10.9. The number of aryl methyl sites for hydroxylation is 1. The molecule has 0 spiro atoms. The third kappa shape index (κ3) is 5.34. The second kappa shape index (κ2) is 10.7. The molecule has 3 heterocycles. The van der Waals surface area contributed by atoms with E-state index in [1.165, 1.54) is 10.5 Å². The number of unbranched alkanes of at least 4 members (excludes halogenated alkanes) is 1. The van der Waals surface area contributed by atoms with Crippen molar-refractivity contribution in [2.75, 3.05) is 0 Å². The van der Waals surface area contributed by atoms with Crippen molar-refractivity contribution in [1.82, 2.24) is 30.2 Å². The highest BCUT2D eigenvalue weighted by Gasteiger charge is 2.19. The topological polar surface area (TPSA) is 72.3 Å². The molecule has 0 aliphatic heterocycles. The van der Waals surface area contributed by atoms with E-state index in [1.54, 1.807) is 11.3 Å². The number of aromatic amines is 1. The number of imidazole rings is 1. The molecule has 0 aliphatic rings. The van der Waals surface area contributed by atoms with E-state index in [9.17, 15) is 0 Å². The van der Waals surface area contributed by atoms with Crippen LogP contribution >= 0.6 is 22.9 Å². The van der Waals surface area contributed by atoms with Crippen LogP contribution in [0.1, 0.15) is 60.4 Å². The van der Waals surface area contributed by atoms with Crippen molar-refractivity contribution in [3.8, 4) is 0 Å². The lowest BCUT2D eigenvalue weighted by atomic mass is 9.95. The second-order valence-corrected chi connectivity index (χ2v) is 9.29. The maximum absolute atomic E-state index is 6.49. The standard InChI is InChI=1S/C24H27ClN6S/c1-3-4-11-23-26-15-20(31(23)16-18-8-5-6-10-22(18)25)13-19(14-21-9-7-12-32-21)17(2)24-27-29-30-28-24/h5-10,12-13,15,17H,3-4,11,14,16H2,1-2H3,(H,27,28,29,30). The van der Waals surface area contributed by atoms with Crippen molar-refractivity contribution in [2.24, 2.45) is 0 Å². The smallest absolute Gasteiger partial charge is 0.181 e. The molecular weight excluding hydrogens is 440 g/mol. The predicted octanol–water partition coefficient (Wildman–Crippen LogP) is 5.93. The summed E-state index contributed by atoms with van der Waals surface area (Å²) in [7, 11) is 0. The molecule has 166 valence electrons. The van der Waals surface area contributed by atoms with E-state index in [4.69, 9.17) is 16.6 Å². The number of nitrogens with one attached hydrogen (secondary N) is 1. The van der Waals surface area contributed by atoms with Gasteiger partial charge in [0.05, 0.1) is 18.4 Å². The van der Waals surface area contributed by atoms with Crippen molar-refractivity contribution >= 4 is 29.0 Å². The van der Waals surface area contributed by atoms with E-state index in [0.717, 1.165) is 47.8 Å². The Balaban J connectivity index is 1.74. The van der Waals surface area contributed by atoms with Crippen molar-refractivity contribution in [2.45, 2.75) is 52.0 Å². The molecule has 0 saturated carbocycles. The number of tetrazole rings is 1. The average molecular weight is 467 g/mol. The van der Waals surface area contributed by atoms with Crippen LogP contribution in [0.2, 0.25) is 5.02 Å². The maximum Gasteiger partial charge on any atom is 0.181 e. The summed E-state index contributed by atoms with van der Waals surface area (Å²) in [6.45, 7) is 5.01. The van der Waals surface area contributed by atoms with Crippen LogP contribution < -0.4 is 0 Å². The van der Waals surface area contributed by atoms with Crippen LogP contribution in [0.15, 0.2) is 53.5 Å². The molecule has 6 nitrogen and oxygen atoms in total. The van der Waals surface area contributed by atoms with Crippen LogP contribution in [0.5, 0.6) is 0 Å². The van der Waals surface area contributed by atoms with Crippen LogP contribution in [0.25, 0.3) is 6.08 Å². The number of aromatic nitrogens is 6. The summed E-state index contributed by atoms with van der Waals surface area (Å²) in [5.74, 6) is 1.80. The molecule has 0 radical (unpaired) electrons. The number of benzene rings is 1. The maximum atomic E-state index is 6.49. The Bertz CT molecular complexity index is 1150. The van der Waals surface area contributed by atoms with Crippen LogP contribution in [0.4, 0.5) is 0 Å². The summed E-state index contributed by atoms with van der Waals surface area (Å²) in [5.41, 5.74) is 3.37. The van der Waals surface area contributed by atoms with E-state index in [1.807, 2.05) is 24.4 Å². The molecule has 0 fully saturated rings. The number of thiophene rings is 1. The summed E-state index contributed by atoms with van der Waals surface area (Å²) in [6.07, 6.45) is 8.20. The molecule has 4 aromatic rings. The molecule has 8 heteroatoms. The largest absolute Gasteiger partial charge is 0.324 e. The van der Waals surface area contributed by atoms with Gasteiger partial charge in [-0.2, -0.15) is 5.21 Å². The lowest BCUT2D eigenvalue weighted by molar-refractivity contribution is 0.674. The van der Waals surface area contributed by atoms with Gasteiger partial charge in [0.1, 0.15) is 5.82 Å². The van der Waals surface area contributed by atoms with E-state index < -0.39 is 0 Å². The summed E-state index contributed by atoms with van der Waals surface area (Å²) in [4.78, 5) is 6.08. The first kappa shape index (κ1) is 22.4. The van der Waals surface area contributed by atoms with Gasteiger partial charge in [0.15, 0.2) is 5.82 Å². The Morgan fingerprint density at radius 3 is 2.84 bits per heavy atom. The van der Waals surface area contributed by atoms with Gasteiger partial charge >= 0.3 is 0 Å². The minimum Gasteiger partial charge on any atom is -0.324 e. The third-order valence-electron chi connectivity index (χ3n) is 5.61. The molecule has 1 aromatic carbocycles. The number of rotatable bonds is 10. The minimum absolute atomic E-state index is 0.0265. The normalized spacial score (nSPS) is 12.9. The Labute approximate surface area is 197 Å². The van der Waals surface area contributed by atoms with Gasteiger partial charge in [-0.05, 0) is 35.6 Å². The van der Waals surface area contributed by atoms with E-state index >= 15 is 0 Å². The van der Waals surface area contributed by atoms with E-state index in [-0.39, 0.29) is 5.92 Å². The second-order valence-electron chi connectivity index (χ2n) is 7.85. The Hall–Kier alpha value is -2.77. The lowest BCUT2D eigenvalue weighted by Gasteiger charge is -2.15. The van der Waals surface area contributed by atoms with E-state index in [0.29, 0.717) is 12.4 Å². The Kier molecular flexibility index (Phi) is 7.50. The van der Waals surface area contributed by atoms with Crippen LogP contribution in [0.3, 0.4) is 0 Å². The molecule has 4 rings (SSSR count). The fourth-order valence-electron chi connectivity index (χ4n) is 3.71. The highest BCUT2D eigenvalue weighted by atomic mass is 35.5. The van der Waals surface area contributed by atoms with Gasteiger partial charge in [0.2, 0.25) is 0 Å². The molecule has 0 aliphatic carbocycles. The van der Waals surface area contributed by atoms with Gasteiger partial charge in [-0.1, -0.05) is 66.9 Å². The molecule has 0 amide bonds.